The Morgan fingerprint density at radius 1 is 1.47 bits per heavy atom. The van der Waals surface area contributed by atoms with E-state index >= 15 is 0 Å². The molecule has 0 fully saturated rings. The van der Waals surface area contributed by atoms with E-state index in [9.17, 15) is 18.0 Å². The first-order chi connectivity index (χ1) is 6.88. The maximum Gasteiger partial charge on any atom is 0.405 e. The molecule has 1 aromatic heterocycles. The van der Waals surface area contributed by atoms with Gasteiger partial charge in [0.25, 0.3) is 5.91 Å². The highest BCUT2D eigenvalue weighted by Gasteiger charge is 2.28. The van der Waals surface area contributed by atoms with Gasteiger partial charge >= 0.3 is 6.18 Å². The first-order valence-electron chi connectivity index (χ1n) is 4.17. The molecule has 0 bridgehead atoms. The summed E-state index contributed by atoms with van der Waals surface area (Å²) in [6.45, 7) is 0.308. The van der Waals surface area contributed by atoms with Crippen molar-refractivity contribution in [1.82, 2.24) is 10.3 Å². The minimum Gasteiger partial charge on any atom is -0.342 e. The predicted octanol–water partition coefficient (Wildman–Crippen LogP) is 1.68. The van der Waals surface area contributed by atoms with Gasteiger partial charge in [-0.15, -0.1) is 0 Å². The summed E-state index contributed by atoms with van der Waals surface area (Å²) in [4.78, 5) is 15.0. The summed E-state index contributed by atoms with van der Waals surface area (Å²) in [6, 6.07) is 4.57. The van der Waals surface area contributed by atoms with E-state index in [0.717, 1.165) is 0 Å². The van der Waals surface area contributed by atoms with Crippen LogP contribution < -0.4 is 5.32 Å². The Hall–Kier alpha value is -1.59. The summed E-state index contributed by atoms with van der Waals surface area (Å²) in [6.07, 6.45) is -4.40. The van der Waals surface area contributed by atoms with Gasteiger partial charge in [-0.25, -0.2) is 4.98 Å². The van der Waals surface area contributed by atoms with Gasteiger partial charge in [0, 0.05) is 5.69 Å². The second kappa shape index (κ2) is 4.29. The Morgan fingerprint density at radius 3 is 2.67 bits per heavy atom. The maximum atomic E-state index is 11.8. The number of nitrogens with zero attached hydrogens (tertiary/aromatic N) is 1. The summed E-state index contributed by atoms with van der Waals surface area (Å²) in [5.74, 6) is -0.823. The molecule has 6 heteroatoms. The molecule has 0 radical (unpaired) electrons. The third-order valence-electron chi connectivity index (χ3n) is 1.57. The minimum atomic E-state index is -4.40. The molecule has 1 amide bonds. The third kappa shape index (κ3) is 3.97. The molecule has 1 heterocycles. The van der Waals surface area contributed by atoms with Crippen molar-refractivity contribution in [3.63, 3.8) is 0 Å². The zero-order chi connectivity index (χ0) is 11.5. The number of halogens is 3. The van der Waals surface area contributed by atoms with Gasteiger partial charge in [-0.1, -0.05) is 6.07 Å². The molecule has 3 nitrogen and oxygen atoms in total. The van der Waals surface area contributed by atoms with Gasteiger partial charge in [0.15, 0.2) is 0 Å². The molecule has 0 unspecified atom stereocenters. The van der Waals surface area contributed by atoms with Gasteiger partial charge in [-0.05, 0) is 19.1 Å². The van der Waals surface area contributed by atoms with Crippen molar-refractivity contribution in [2.24, 2.45) is 0 Å². The standard InChI is InChI=1S/C9H9F3N2O/c1-6-3-2-4-7(14-6)8(15)13-5-9(10,11)12/h2-4H,5H2,1H3,(H,13,15). The molecule has 0 saturated carbocycles. The van der Waals surface area contributed by atoms with Crippen LogP contribution in [0.2, 0.25) is 0 Å². The van der Waals surface area contributed by atoms with Crippen LogP contribution in [-0.4, -0.2) is 23.6 Å². The highest BCUT2D eigenvalue weighted by molar-refractivity contribution is 5.92. The number of carbonyl (C=O) groups excluding carboxylic acids is 1. The molecule has 0 spiro atoms. The first-order valence-corrected chi connectivity index (χ1v) is 4.17. The maximum absolute atomic E-state index is 11.8. The second-order valence-electron chi connectivity index (χ2n) is 2.96. The van der Waals surface area contributed by atoms with Crippen molar-refractivity contribution in [2.45, 2.75) is 13.1 Å². The minimum absolute atomic E-state index is 0.0146. The Balaban J connectivity index is 2.62. The van der Waals surface area contributed by atoms with E-state index in [4.69, 9.17) is 0 Å². The van der Waals surface area contributed by atoms with Crippen LogP contribution >= 0.6 is 0 Å². The van der Waals surface area contributed by atoms with Gasteiger partial charge in [0.2, 0.25) is 0 Å². The lowest BCUT2D eigenvalue weighted by Gasteiger charge is -2.07. The van der Waals surface area contributed by atoms with Crippen molar-refractivity contribution in [3.8, 4) is 0 Å². The second-order valence-corrected chi connectivity index (χ2v) is 2.96. The van der Waals surface area contributed by atoms with Crippen molar-refractivity contribution in [1.29, 1.82) is 0 Å². The molecule has 1 aromatic rings. The van der Waals surface area contributed by atoms with E-state index in [2.05, 4.69) is 4.98 Å². The van der Waals surface area contributed by atoms with E-state index in [-0.39, 0.29) is 5.69 Å². The van der Waals surface area contributed by atoms with Crippen LogP contribution in [0.25, 0.3) is 0 Å². The van der Waals surface area contributed by atoms with Crippen LogP contribution in [-0.2, 0) is 0 Å². The molecule has 0 aromatic carbocycles. The monoisotopic (exact) mass is 218 g/mol. The van der Waals surface area contributed by atoms with Gasteiger partial charge in [0.1, 0.15) is 12.2 Å². The predicted molar refractivity (Wildman–Crippen MR) is 47.4 cm³/mol. The number of amides is 1. The Kier molecular flexibility index (Phi) is 3.28. The lowest BCUT2D eigenvalue weighted by molar-refractivity contribution is -0.123. The van der Waals surface area contributed by atoms with Crippen LogP contribution in [0.5, 0.6) is 0 Å². The molecule has 0 aliphatic rings. The van der Waals surface area contributed by atoms with Crippen molar-refractivity contribution in [2.75, 3.05) is 6.54 Å². The third-order valence-corrected chi connectivity index (χ3v) is 1.57. The summed E-state index contributed by atoms with van der Waals surface area (Å²) in [5.41, 5.74) is 0.564. The molecule has 0 aliphatic heterocycles. The van der Waals surface area contributed by atoms with Gasteiger partial charge in [-0.2, -0.15) is 13.2 Å². The number of carbonyl (C=O) groups is 1. The summed E-state index contributed by atoms with van der Waals surface area (Å²) in [5, 5.41) is 1.74. The number of hydrogen-bond donors (Lipinski definition) is 1. The fraction of sp³-hybridized carbons (Fsp3) is 0.333. The zero-order valence-electron chi connectivity index (χ0n) is 7.93. The average molecular weight is 218 g/mol. The van der Waals surface area contributed by atoms with E-state index < -0.39 is 18.6 Å². The summed E-state index contributed by atoms with van der Waals surface area (Å²) in [7, 11) is 0. The normalized spacial score (nSPS) is 11.2. The lowest BCUT2D eigenvalue weighted by atomic mass is 10.3. The Morgan fingerprint density at radius 2 is 2.13 bits per heavy atom. The van der Waals surface area contributed by atoms with Crippen LogP contribution in [0.4, 0.5) is 13.2 Å². The molecule has 0 saturated heterocycles. The number of hydrogen-bond acceptors (Lipinski definition) is 2. The van der Waals surface area contributed by atoms with E-state index in [1.807, 2.05) is 0 Å². The van der Waals surface area contributed by atoms with E-state index in [0.29, 0.717) is 5.69 Å². The molecule has 1 rings (SSSR count). The van der Waals surface area contributed by atoms with Gasteiger partial charge in [-0.3, -0.25) is 4.79 Å². The van der Waals surface area contributed by atoms with Crippen LogP contribution in [0.3, 0.4) is 0 Å². The average Bonchev–Trinajstić information content (AvgIpc) is 2.13. The van der Waals surface area contributed by atoms with Gasteiger partial charge in [0.05, 0.1) is 0 Å². The Labute approximate surface area is 84.3 Å². The molecular formula is C9H9F3N2O. The van der Waals surface area contributed by atoms with Crippen molar-refractivity contribution in [3.05, 3.63) is 29.6 Å². The molecule has 1 N–H and O–H groups in total. The van der Waals surface area contributed by atoms with E-state index in [1.165, 1.54) is 6.07 Å². The fourth-order valence-electron chi connectivity index (χ4n) is 0.941. The quantitative estimate of drug-likeness (QED) is 0.820. The number of nitrogens with one attached hydrogen (secondary N) is 1. The summed E-state index contributed by atoms with van der Waals surface area (Å²) >= 11 is 0. The number of rotatable bonds is 2. The first kappa shape index (κ1) is 11.5. The van der Waals surface area contributed by atoms with Crippen molar-refractivity contribution < 1.29 is 18.0 Å². The molecule has 0 aliphatic carbocycles. The van der Waals surface area contributed by atoms with Crippen LogP contribution in [0.1, 0.15) is 16.2 Å². The highest BCUT2D eigenvalue weighted by Crippen LogP contribution is 2.12. The lowest BCUT2D eigenvalue weighted by Crippen LogP contribution is -2.34. The SMILES string of the molecule is Cc1cccc(C(=O)NCC(F)(F)F)n1. The number of aryl methyl sites for hydroxylation is 1. The van der Waals surface area contributed by atoms with E-state index in [1.54, 1.807) is 24.4 Å². The molecular weight excluding hydrogens is 209 g/mol. The number of aromatic nitrogens is 1. The molecule has 0 atom stereocenters. The van der Waals surface area contributed by atoms with Crippen LogP contribution in [0.15, 0.2) is 18.2 Å². The van der Waals surface area contributed by atoms with Crippen LogP contribution in [0, 0.1) is 6.92 Å². The van der Waals surface area contributed by atoms with Gasteiger partial charge < -0.3 is 5.32 Å². The highest BCUT2D eigenvalue weighted by atomic mass is 19.4. The number of pyridine rings is 1. The largest absolute Gasteiger partial charge is 0.405 e. The summed E-state index contributed by atoms with van der Waals surface area (Å²) < 4.78 is 35.3. The zero-order valence-corrected chi connectivity index (χ0v) is 7.93. The molecule has 82 valence electrons. The fourth-order valence-corrected chi connectivity index (χ4v) is 0.941. The Bertz CT molecular complexity index is 363. The smallest absolute Gasteiger partial charge is 0.342 e. The molecule has 15 heavy (non-hydrogen) atoms. The number of alkyl halides is 3. The topological polar surface area (TPSA) is 42.0 Å². The van der Waals surface area contributed by atoms with Crippen molar-refractivity contribution >= 4 is 5.91 Å².